The number of nitrogen functional groups attached to an aromatic ring is 1. The fourth-order valence-electron chi connectivity index (χ4n) is 4.83. The van der Waals surface area contributed by atoms with Gasteiger partial charge in [-0.25, -0.2) is 4.98 Å². The van der Waals surface area contributed by atoms with Gasteiger partial charge in [-0.15, -0.1) is 0 Å². The van der Waals surface area contributed by atoms with Gasteiger partial charge in [0.1, 0.15) is 16.8 Å². The van der Waals surface area contributed by atoms with Crippen LogP contribution in [0.5, 0.6) is 5.75 Å². The summed E-state index contributed by atoms with van der Waals surface area (Å²) in [4.78, 5) is 11.2. The molecule has 1 fully saturated rings. The fraction of sp³-hybridized carbons (Fsp3) is 0.560. The largest absolute Gasteiger partial charge is 0.496 e. The minimum absolute atomic E-state index is 0.0816. The van der Waals surface area contributed by atoms with Gasteiger partial charge >= 0.3 is 0 Å². The number of benzene rings is 1. The molecule has 1 saturated heterocycles. The maximum absolute atomic E-state index is 9.47. The van der Waals surface area contributed by atoms with Crippen molar-refractivity contribution >= 4 is 22.8 Å². The molecule has 35 heavy (non-hydrogen) atoms. The number of anilines is 2. The summed E-state index contributed by atoms with van der Waals surface area (Å²) in [5.41, 5.74) is 9.62. The molecule has 2 aromatic heterocycles. The summed E-state index contributed by atoms with van der Waals surface area (Å²) in [5, 5.41) is 26.6. The van der Waals surface area contributed by atoms with Crippen molar-refractivity contribution in [3.05, 3.63) is 35.5 Å². The van der Waals surface area contributed by atoms with E-state index in [0.717, 1.165) is 55.7 Å². The number of aromatic nitrogens is 4. The van der Waals surface area contributed by atoms with E-state index in [0.29, 0.717) is 30.2 Å². The number of nitrogens with two attached hydrogens (primary N) is 1. The van der Waals surface area contributed by atoms with Crippen LogP contribution in [-0.2, 0) is 13.1 Å². The highest BCUT2D eigenvalue weighted by molar-refractivity contribution is 5.86. The van der Waals surface area contributed by atoms with E-state index in [9.17, 15) is 5.11 Å². The van der Waals surface area contributed by atoms with Gasteiger partial charge in [-0.05, 0) is 36.8 Å². The second-order valence-corrected chi connectivity index (χ2v) is 9.33. The number of nitrogens with one attached hydrogen (secondary N) is 1. The van der Waals surface area contributed by atoms with Crippen LogP contribution in [0.4, 0.5) is 11.8 Å². The SMILES string of the molecule is CCC[C@@H](CCO)Nc1nc(N)nc2cnn(Cc3ccc(CN4CC(CCO)C4)cc3OC)c12. The van der Waals surface area contributed by atoms with Crippen LogP contribution in [0.25, 0.3) is 11.0 Å². The lowest BCUT2D eigenvalue weighted by Crippen LogP contribution is -2.46. The Labute approximate surface area is 206 Å². The van der Waals surface area contributed by atoms with Gasteiger partial charge in [0.25, 0.3) is 0 Å². The summed E-state index contributed by atoms with van der Waals surface area (Å²) in [6, 6.07) is 6.39. The third kappa shape index (κ3) is 6.01. The number of rotatable bonds is 13. The number of likely N-dealkylation sites (tertiary alicyclic amines) is 1. The van der Waals surface area contributed by atoms with Gasteiger partial charge in [-0.2, -0.15) is 10.1 Å². The molecule has 10 nitrogen and oxygen atoms in total. The zero-order valence-corrected chi connectivity index (χ0v) is 20.7. The number of aliphatic hydroxyl groups excluding tert-OH is 2. The highest BCUT2D eigenvalue weighted by atomic mass is 16.5. The quantitative estimate of drug-likeness (QED) is 0.289. The summed E-state index contributed by atoms with van der Waals surface area (Å²) >= 11 is 0. The third-order valence-electron chi connectivity index (χ3n) is 6.61. The number of nitrogens with zero attached hydrogens (tertiary/aromatic N) is 5. The first-order chi connectivity index (χ1) is 17.0. The smallest absolute Gasteiger partial charge is 0.222 e. The molecule has 5 N–H and O–H groups in total. The van der Waals surface area contributed by atoms with Crippen molar-refractivity contribution in [2.45, 2.75) is 51.7 Å². The molecule has 0 amide bonds. The number of hydrogen-bond donors (Lipinski definition) is 4. The minimum atomic E-state index is 0.0816. The minimum Gasteiger partial charge on any atom is -0.496 e. The van der Waals surface area contributed by atoms with Gasteiger partial charge < -0.3 is 26.0 Å². The molecular weight excluding hydrogens is 446 g/mol. The monoisotopic (exact) mass is 483 g/mol. The van der Waals surface area contributed by atoms with Crippen LogP contribution in [0.15, 0.2) is 24.4 Å². The van der Waals surface area contributed by atoms with Crippen LogP contribution >= 0.6 is 0 Å². The van der Waals surface area contributed by atoms with Crippen molar-refractivity contribution in [3.8, 4) is 5.75 Å². The molecule has 1 aromatic carbocycles. The molecule has 3 aromatic rings. The van der Waals surface area contributed by atoms with E-state index in [-0.39, 0.29) is 25.2 Å². The molecule has 1 aliphatic heterocycles. The molecule has 0 radical (unpaired) electrons. The standard InChI is InChI=1S/C25H37N7O3/c1-3-4-20(8-10-34)28-24-23-21(29-25(26)30-24)12-27-32(23)16-19-6-5-17(11-22(19)35-2)13-31-14-18(15-31)7-9-33/h5-6,11-12,18,20,33-34H,3-4,7-10,13-16H2,1-2H3,(H3,26,28,29,30)/t20-/m0/s1. The van der Waals surface area contributed by atoms with E-state index < -0.39 is 0 Å². The predicted molar refractivity (Wildman–Crippen MR) is 136 cm³/mol. The van der Waals surface area contributed by atoms with Crippen molar-refractivity contribution in [3.63, 3.8) is 0 Å². The van der Waals surface area contributed by atoms with Crippen molar-refractivity contribution in [1.82, 2.24) is 24.6 Å². The van der Waals surface area contributed by atoms with E-state index in [2.05, 4.69) is 50.4 Å². The maximum atomic E-state index is 9.47. The Morgan fingerprint density at radius 2 is 2.00 bits per heavy atom. The molecule has 0 spiro atoms. The van der Waals surface area contributed by atoms with Gasteiger partial charge in [0.2, 0.25) is 5.95 Å². The number of hydrogen-bond acceptors (Lipinski definition) is 9. The van der Waals surface area contributed by atoms with Gasteiger partial charge in [0.15, 0.2) is 5.82 Å². The van der Waals surface area contributed by atoms with Gasteiger partial charge in [-0.3, -0.25) is 9.58 Å². The topological polar surface area (TPSA) is 135 Å². The Kier molecular flexibility index (Phi) is 8.37. The van der Waals surface area contributed by atoms with Crippen LogP contribution in [0, 0.1) is 5.92 Å². The summed E-state index contributed by atoms with van der Waals surface area (Å²) in [7, 11) is 1.69. The number of aliphatic hydroxyl groups is 2. The van der Waals surface area contributed by atoms with Crippen molar-refractivity contribution < 1.29 is 14.9 Å². The molecule has 0 saturated carbocycles. The molecule has 0 aliphatic carbocycles. The molecule has 0 bridgehead atoms. The van der Waals surface area contributed by atoms with Gasteiger partial charge in [0.05, 0.1) is 19.9 Å². The molecule has 1 atom stereocenters. The van der Waals surface area contributed by atoms with Gasteiger partial charge in [-0.1, -0.05) is 25.5 Å². The lowest BCUT2D eigenvalue weighted by molar-refractivity contribution is 0.0723. The Balaban J connectivity index is 1.55. The molecule has 1 aliphatic rings. The molecule has 0 unspecified atom stereocenters. The number of ether oxygens (including phenoxy) is 1. The second kappa shape index (κ2) is 11.7. The second-order valence-electron chi connectivity index (χ2n) is 9.33. The van der Waals surface area contributed by atoms with E-state index in [4.69, 9.17) is 15.6 Å². The average Bonchev–Trinajstić information content (AvgIpc) is 3.21. The number of fused-ring (bicyclic) bond motifs is 1. The van der Waals surface area contributed by atoms with E-state index >= 15 is 0 Å². The lowest BCUT2D eigenvalue weighted by Gasteiger charge is -2.39. The highest BCUT2D eigenvalue weighted by Crippen LogP contribution is 2.28. The summed E-state index contributed by atoms with van der Waals surface area (Å²) < 4.78 is 7.60. The Morgan fingerprint density at radius 1 is 1.17 bits per heavy atom. The average molecular weight is 484 g/mol. The van der Waals surface area contributed by atoms with Crippen LogP contribution in [0.1, 0.15) is 43.7 Å². The van der Waals surface area contributed by atoms with E-state index in [1.807, 2.05) is 4.68 Å². The van der Waals surface area contributed by atoms with Crippen LogP contribution in [-0.4, -0.2) is 74.3 Å². The number of methoxy groups -OCH3 is 1. The third-order valence-corrected chi connectivity index (χ3v) is 6.61. The lowest BCUT2D eigenvalue weighted by atomic mass is 9.96. The first-order valence-corrected chi connectivity index (χ1v) is 12.4. The first kappa shape index (κ1) is 25.2. The van der Waals surface area contributed by atoms with Crippen molar-refractivity contribution in [1.29, 1.82) is 0 Å². The zero-order chi connectivity index (χ0) is 24.8. The fourth-order valence-corrected chi connectivity index (χ4v) is 4.83. The van der Waals surface area contributed by atoms with Gasteiger partial charge in [0, 0.05) is 44.5 Å². The van der Waals surface area contributed by atoms with Crippen molar-refractivity contribution in [2.75, 3.05) is 44.5 Å². The summed E-state index contributed by atoms with van der Waals surface area (Å²) in [5.74, 6) is 2.23. The molecule has 3 heterocycles. The predicted octanol–water partition coefficient (Wildman–Crippen LogP) is 2.24. The van der Waals surface area contributed by atoms with E-state index in [1.165, 1.54) is 5.56 Å². The van der Waals surface area contributed by atoms with Crippen molar-refractivity contribution in [2.24, 2.45) is 5.92 Å². The highest BCUT2D eigenvalue weighted by Gasteiger charge is 2.26. The van der Waals surface area contributed by atoms with E-state index in [1.54, 1.807) is 13.3 Å². The first-order valence-electron chi connectivity index (χ1n) is 12.4. The molecule has 10 heteroatoms. The molecular formula is C25H37N7O3. The normalized spacial score (nSPS) is 15.3. The zero-order valence-electron chi connectivity index (χ0n) is 20.7. The van der Waals surface area contributed by atoms with Crippen LogP contribution in [0.3, 0.4) is 0 Å². The Hall–Kier alpha value is -2.95. The Morgan fingerprint density at radius 3 is 2.71 bits per heavy atom. The van der Waals surface area contributed by atoms with Crippen LogP contribution < -0.4 is 15.8 Å². The van der Waals surface area contributed by atoms with Crippen LogP contribution in [0.2, 0.25) is 0 Å². The maximum Gasteiger partial charge on any atom is 0.222 e. The molecule has 4 rings (SSSR count). The Bertz CT molecular complexity index is 1110. The summed E-state index contributed by atoms with van der Waals surface area (Å²) in [6.07, 6.45) is 5.10. The molecule has 190 valence electrons. The summed E-state index contributed by atoms with van der Waals surface area (Å²) in [6.45, 7) is 5.90.